The highest BCUT2D eigenvalue weighted by atomic mass is 16.2. The molecule has 0 spiro atoms. The van der Waals surface area contributed by atoms with Gasteiger partial charge in [0, 0.05) is 25.8 Å². The second-order valence-corrected chi connectivity index (χ2v) is 5.34. The van der Waals surface area contributed by atoms with Crippen LogP contribution in [0.3, 0.4) is 0 Å². The van der Waals surface area contributed by atoms with Gasteiger partial charge >= 0.3 is 0 Å². The lowest BCUT2D eigenvalue weighted by molar-refractivity contribution is 0.0728. The average molecular weight is 261 g/mol. The van der Waals surface area contributed by atoms with Crippen molar-refractivity contribution in [1.29, 1.82) is 0 Å². The van der Waals surface area contributed by atoms with E-state index in [9.17, 15) is 4.79 Å². The molecule has 1 heterocycles. The van der Waals surface area contributed by atoms with Gasteiger partial charge in [-0.1, -0.05) is 6.92 Å². The van der Waals surface area contributed by atoms with E-state index in [1.54, 1.807) is 18.5 Å². The Kier molecular flexibility index (Phi) is 4.40. The van der Waals surface area contributed by atoms with Crippen LogP contribution in [0, 0.1) is 5.92 Å². The summed E-state index contributed by atoms with van der Waals surface area (Å²) in [5, 5.41) is 3.27. The van der Waals surface area contributed by atoms with Crippen molar-refractivity contribution in [2.45, 2.75) is 39.2 Å². The van der Waals surface area contributed by atoms with Gasteiger partial charge in [-0.05, 0) is 38.2 Å². The first kappa shape index (κ1) is 13.8. The fraction of sp³-hybridized carbons (Fsp3) is 0.600. The van der Waals surface area contributed by atoms with Crippen LogP contribution in [0.5, 0.6) is 0 Å². The highest BCUT2D eigenvalue weighted by Gasteiger charge is 2.33. The molecule has 104 valence electrons. The summed E-state index contributed by atoms with van der Waals surface area (Å²) in [7, 11) is 1.90. The summed E-state index contributed by atoms with van der Waals surface area (Å²) >= 11 is 0. The number of rotatable bonds is 6. The number of hydrogen-bond acceptors (Lipinski definition) is 3. The van der Waals surface area contributed by atoms with E-state index in [1.807, 2.05) is 11.9 Å². The van der Waals surface area contributed by atoms with Crippen LogP contribution < -0.4 is 5.32 Å². The van der Waals surface area contributed by atoms with E-state index in [0.717, 1.165) is 24.2 Å². The molecule has 0 saturated heterocycles. The molecule has 1 N–H and O–H groups in total. The zero-order chi connectivity index (χ0) is 13.8. The predicted molar refractivity (Wildman–Crippen MR) is 77.3 cm³/mol. The van der Waals surface area contributed by atoms with Crippen LogP contribution >= 0.6 is 0 Å². The number of pyridine rings is 1. The van der Waals surface area contributed by atoms with Crippen molar-refractivity contribution < 1.29 is 4.79 Å². The topological polar surface area (TPSA) is 45.2 Å². The number of amides is 1. The summed E-state index contributed by atoms with van der Waals surface area (Å²) < 4.78 is 0. The van der Waals surface area contributed by atoms with E-state index in [4.69, 9.17) is 0 Å². The molecule has 0 bridgehead atoms. The van der Waals surface area contributed by atoms with Crippen LogP contribution in [0.1, 0.15) is 43.5 Å². The molecule has 1 unspecified atom stereocenters. The number of nitrogens with zero attached hydrogens (tertiary/aromatic N) is 2. The molecule has 4 nitrogen and oxygen atoms in total. The van der Waals surface area contributed by atoms with Gasteiger partial charge in [0.05, 0.1) is 17.4 Å². The molecule has 4 heteroatoms. The number of nitrogens with one attached hydrogen (secondary N) is 1. The fourth-order valence-corrected chi connectivity index (χ4v) is 2.25. The monoisotopic (exact) mass is 261 g/mol. The van der Waals surface area contributed by atoms with Gasteiger partial charge in [0.25, 0.3) is 5.91 Å². The third-order valence-electron chi connectivity index (χ3n) is 3.85. The highest BCUT2D eigenvalue weighted by molar-refractivity contribution is 5.99. The van der Waals surface area contributed by atoms with E-state index in [0.29, 0.717) is 12.0 Å². The van der Waals surface area contributed by atoms with Crippen molar-refractivity contribution in [1.82, 2.24) is 9.88 Å². The maximum atomic E-state index is 12.6. The molecule has 1 saturated carbocycles. The molecule has 1 aliphatic carbocycles. The summed E-state index contributed by atoms with van der Waals surface area (Å²) in [4.78, 5) is 18.5. The van der Waals surface area contributed by atoms with Crippen LogP contribution in [-0.2, 0) is 0 Å². The Labute approximate surface area is 115 Å². The minimum Gasteiger partial charge on any atom is -0.383 e. The summed E-state index contributed by atoms with van der Waals surface area (Å²) in [5.41, 5.74) is 1.56. The van der Waals surface area contributed by atoms with Crippen molar-refractivity contribution >= 4 is 11.6 Å². The average Bonchev–Trinajstić information content (AvgIpc) is 3.27. The third-order valence-corrected chi connectivity index (χ3v) is 3.85. The van der Waals surface area contributed by atoms with Gasteiger partial charge in [-0.2, -0.15) is 0 Å². The normalized spacial score (nSPS) is 15.9. The lowest BCUT2D eigenvalue weighted by Crippen LogP contribution is -2.36. The molecule has 2 rings (SSSR count). The minimum atomic E-state index is 0.0837. The Bertz CT molecular complexity index is 443. The highest BCUT2D eigenvalue weighted by Crippen LogP contribution is 2.35. The van der Waals surface area contributed by atoms with Gasteiger partial charge in [-0.25, -0.2) is 0 Å². The van der Waals surface area contributed by atoms with Crippen molar-refractivity contribution in [3.8, 4) is 0 Å². The number of anilines is 1. The Morgan fingerprint density at radius 2 is 2.32 bits per heavy atom. The molecule has 1 aromatic rings. The van der Waals surface area contributed by atoms with Crippen LogP contribution in [0.2, 0.25) is 0 Å². The second-order valence-electron chi connectivity index (χ2n) is 5.34. The SMILES string of the molecule is CCCNc1cnccc1C(=O)N(C)C(C)C1CC1. The second kappa shape index (κ2) is 6.04. The molecule has 0 aliphatic heterocycles. The minimum absolute atomic E-state index is 0.0837. The lowest BCUT2D eigenvalue weighted by Gasteiger charge is -2.25. The van der Waals surface area contributed by atoms with Gasteiger partial charge in [0.2, 0.25) is 0 Å². The molecule has 1 amide bonds. The Hall–Kier alpha value is -1.58. The molecule has 1 atom stereocenters. The molecule has 0 radical (unpaired) electrons. The lowest BCUT2D eigenvalue weighted by atomic mass is 10.1. The Morgan fingerprint density at radius 1 is 1.58 bits per heavy atom. The number of hydrogen-bond donors (Lipinski definition) is 1. The van der Waals surface area contributed by atoms with Crippen LogP contribution in [0.25, 0.3) is 0 Å². The van der Waals surface area contributed by atoms with Gasteiger partial charge in [0.15, 0.2) is 0 Å². The molecule has 1 fully saturated rings. The van der Waals surface area contributed by atoms with Crippen LogP contribution in [0.4, 0.5) is 5.69 Å². The van der Waals surface area contributed by atoms with E-state index in [1.165, 1.54) is 12.8 Å². The van der Waals surface area contributed by atoms with E-state index in [-0.39, 0.29) is 5.91 Å². The summed E-state index contributed by atoms with van der Waals surface area (Å²) in [6.07, 6.45) is 6.93. The van der Waals surface area contributed by atoms with E-state index in [2.05, 4.69) is 24.1 Å². The zero-order valence-corrected chi connectivity index (χ0v) is 12.0. The van der Waals surface area contributed by atoms with Crippen molar-refractivity contribution in [3.63, 3.8) is 0 Å². The largest absolute Gasteiger partial charge is 0.383 e. The van der Waals surface area contributed by atoms with Crippen molar-refractivity contribution in [2.24, 2.45) is 5.92 Å². The summed E-state index contributed by atoms with van der Waals surface area (Å²) in [6.45, 7) is 5.09. The molecule has 19 heavy (non-hydrogen) atoms. The van der Waals surface area contributed by atoms with Gasteiger partial charge < -0.3 is 10.2 Å². The molecular weight excluding hydrogens is 238 g/mol. The summed E-state index contributed by atoms with van der Waals surface area (Å²) in [6, 6.07) is 2.12. The molecular formula is C15H23N3O. The van der Waals surface area contributed by atoms with Gasteiger partial charge in [-0.3, -0.25) is 9.78 Å². The molecule has 0 aromatic carbocycles. The summed E-state index contributed by atoms with van der Waals surface area (Å²) in [5.74, 6) is 0.767. The van der Waals surface area contributed by atoms with Crippen molar-refractivity contribution in [3.05, 3.63) is 24.0 Å². The van der Waals surface area contributed by atoms with Crippen LogP contribution in [-0.4, -0.2) is 35.4 Å². The maximum absolute atomic E-state index is 12.6. The third kappa shape index (κ3) is 3.25. The van der Waals surface area contributed by atoms with Crippen LogP contribution in [0.15, 0.2) is 18.5 Å². The van der Waals surface area contributed by atoms with Crippen molar-refractivity contribution in [2.75, 3.05) is 18.9 Å². The van der Waals surface area contributed by atoms with E-state index < -0.39 is 0 Å². The Balaban J connectivity index is 2.12. The van der Waals surface area contributed by atoms with E-state index >= 15 is 0 Å². The fourth-order valence-electron chi connectivity index (χ4n) is 2.25. The number of carbonyl (C=O) groups is 1. The first-order chi connectivity index (χ1) is 9.15. The Morgan fingerprint density at radius 3 is 2.95 bits per heavy atom. The smallest absolute Gasteiger partial charge is 0.256 e. The van der Waals surface area contributed by atoms with Gasteiger partial charge in [-0.15, -0.1) is 0 Å². The van der Waals surface area contributed by atoms with Gasteiger partial charge in [0.1, 0.15) is 0 Å². The molecule has 1 aliphatic rings. The first-order valence-electron chi connectivity index (χ1n) is 7.10. The number of aromatic nitrogens is 1. The molecule has 1 aromatic heterocycles. The zero-order valence-electron chi connectivity index (χ0n) is 12.0. The quantitative estimate of drug-likeness (QED) is 0.856. The maximum Gasteiger partial charge on any atom is 0.256 e. The predicted octanol–water partition coefficient (Wildman–Crippen LogP) is 2.77. The number of carbonyl (C=O) groups excluding carboxylic acids is 1. The first-order valence-corrected chi connectivity index (χ1v) is 7.10. The standard InChI is InChI=1S/C15H23N3O/c1-4-8-17-14-10-16-9-7-13(14)15(19)18(3)11(2)12-5-6-12/h7,9-12,17H,4-6,8H2,1-3H3.